The predicted molar refractivity (Wildman–Crippen MR) is 97.6 cm³/mol. The molecule has 0 aromatic heterocycles. The number of rotatable bonds is 4. The number of benzene rings is 2. The lowest BCUT2D eigenvalue weighted by Crippen LogP contribution is -3.02. The molecule has 0 radical (unpaired) electrons. The molecule has 2 aromatic rings. The summed E-state index contributed by atoms with van der Waals surface area (Å²) in [7, 11) is 0. The quantitative estimate of drug-likeness (QED) is 0.698. The van der Waals surface area contributed by atoms with E-state index in [1.807, 2.05) is 0 Å². The van der Waals surface area contributed by atoms with Crippen molar-refractivity contribution in [2.75, 3.05) is 17.2 Å². The summed E-state index contributed by atoms with van der Waals surface area (Å²) >= 11 is 0. The summed E-state index contributed by atoms with van der Waals surface area (Å²) in [4.78, 5) is 12.0. The van der Waals surface area contributed by atoms with Gasteiger partial charge in [0.2, 0.25) is 0 Å². The fourth-order valence-electron chi connectivity index (χ4n) is 2.40. The van der Waals surface area contributed by atoms with E-state index in [1.165, 1.54) is 18.3 Å². The molecule has 0 saturated heterocycles. The summed E-state index contributed by atoms with van der Waals surface area (Å²) in [5.74, 6) is 1.05. The van der Waals surface area contributed by atoms with Crippen LogP contribution in [0.4, 0.5) is 29.3 Å². The number of carbonyl (C=O) groups is 1. The van der Waals surface area contributed by atoms with Crippen LogP contribution in [0, 0.1) is 5.21 Å². The second-order valence-corrected chi connectivity index (χ2v) is 5.89. The number of hydroxylamine groups is 2. The summed E-state index contributed by atoms with van der Waals surface area (Å²) < 4.78 is 43.7. The SMILES string of the molecule is O=C(Nc1ccc(OC2=CC[NH+]([O-])C=C2)cc1)Nc1cccc(C(F)(F)F)c1. The molecule has 1 unspecified atom stereocenters. The molecule has 0 bridgehead atoms. The Morgan fingerprint density at radius 1 is 1.07 bits per heavy atom. The molecule has 28 heavy (non-hydrogen) atoms. The fourth-order valence-corrected chi connectivity index (χ4v) is 2.40. The molecular weight excluding hydrogens is 375 g/mol. The minimum absolute atomic E-state index is 0.00122. The highest BCUT2D eigenvalue weighted by Crippen LogP contribution is 2.30. The molecule has 3 rings (SSSR count). The van der Waals surface area contributed by atoms with E-state index in [2.05, 4.69) is 10.6 Å². The Morgan fingerprint density at radius 3 is 2.43 bits per heavy atom. The first kappa shape index (κ1) is 19.5. The number of hydrogen-bond acceptors (Lipinski definition) is 3. The van der Waals surface area contributed by atoms with Gasteiger partial charge < -0.3 is 25.6 Å². The summed E-state index contributed by atoms with van der Waals surface area (Å²) in [6.45, 7) is 0.279. The summed E-state index contributed by atoms with van der Waals surface area (Å²) in [5, 5.41) is 16.0. The topological polar surface area (TPSA) is 77.9 Å². The molecule has 2 amide bonds. The second kappa shape index (κ2) is 8.15. The van der Waals surface area contributed by atoms with E-state index in [0.717, 1.165) is 12.1 Å². The highest BCUT2D eigenvalue weighted by molar-refractivity contribution is 5.99. The van der Waals surface area contributed by atoms with E-state index < -0.39 is 17.8 Å². The van der Waals surface area contributed by atoms with Crippen molar-refractivity contribution in [2.45, 2.75) is 6.18 Å². The first-order valence-electron chi connectivity index (χ1n) is 8.24. The number of anilines is 2. The van der Waals surface area contributed by atoms with Crippen LogP contribution >= 0.6 is 0 Å². The van der Waals surface area contributed by atoms with Gasteiger partial charge in [0.25, 0.3) is 0 Å². The summed E-state index contributed by atoms with van der Waals surface area (Å²) in [5.41, 5.74) is -0.391. The van der Waals surface area contributed by atoms with Gasteiger partial charge in [-0.15, -0.1) is 0 Å². The maximum Gasteiger partial charge on any atom is 0.416 e. The normalized spacial score (nSPS) is 16.3. The minimum Gasteiger partial charge on any atom is -0.629 e. The Balaban J connectivity index is 1.57. The molecule has 0 aliphatic carbocycles. The number of carbonyl (C=O) groups excluding carboxylic acids is 1. The molecule has 0 spiro atoms. The molecule has 1 aliphatic rings. The Hall–Kier alpha value is -3.30. The van der Waals surface area contributed by atoms with Crippen LogP contribution in [-0.2, 0) is 6.18 Å². The molecule has 2 aromatic carbocycles. The van der Waals surface area contributed by atoms with Crippen molar-refractivity contribution in [3.05, 3.63) is 83.4 Å². The van der Waals surface area contributed by atoms with Crippen LogP contribution in [0.5, 0.6) is 5.75 Å². The van der Waals surface area contributed by atoms with Crippen molar-refractivity contribution in [2.24, 2.45) is 0 Å². The van der Waals surface area contributed by atoms with Gasteiger partial charge in [-0.2, -0.15) is 13.2 Å². The highest BCUT2D eigenvalue weighted by Gasteiger charge is 2.30. The molecule has 3 N–H and O–H groups in total. The van der Waals surface area contributed by atoms with Crippen molar-refractivity contribution in [1.29, 1.82) is 0 Å². The number of ether oxygens (including phenoxy) is 1. The largest absolute Gasteiger partial charge is 0.629 e. The van der Waals surface area contributed by atoms with Crippen LogP contribution in [0.1, 0.15) is 5.56 Å². The van der Waals surface area contributed by atoms with Crippen molar-refractivity contribution >= 4 is 17.4 Å². The lowest BCUT2D eigenvalue weighted by atomic mass is 10.2. The number of hydrogen-bond donors (Lipinski definition) is 3. The molecule has 1 heterocycles. The van der Waals surface area contributed by atoms with E-state index in [4.69, 9.17) is 4.74 Å². The number of nitrogens with one attached hydrogen (secondary N) is 3. The van der Waals surface area contributed by atoms with Gasteiger partial charge in [-0.25, -0.2) is 4.79 Å². The van der Waals surface area contributed by atoms with E-state index in [-0.39, 0.29) is 17.3 Å². The molecular formula is C19H16F3N3O3. The van der Waals surface area contributed by atoms with Gasteiger partial charge in [0.05, 0.1) is 11.8 Å². The van der Waals surface area contributed by atoms with E-state index >= 15 is 0 Å². The first-order chi connectivity index (χ1) is 13.3. The molecule has 0 saturated carbocycles. The van der Waals surface area contributed by atoms with Crippen molar-refractivity contribution in [3.63, 3.8) is 0 Å². The summed E-state index contributed by atoms with van der Waals surface area (Å²) in [6.07, 6.45) is 0.182. The highest BCUT2D eigenvalue weighted by atomic mass is 19.4. The van der Waals surface area contributed by atoms with Crippen LogP contribution in [0.3, 0.4) is 0 Å². The van der Waals surface area contributed by atoms with Crippen LogP contribution in [0.25, 0.3) is 0 Å². The van der Waals surface area contributed by atoms with Crippen molar-refractivity contribution in [1.82, 2.24) is 0 Å². The van der Waals surface area contributed by atoms with Crippen LogP contribution < -0.4 is 20.4 Å². The average molecular weight is 391 g/mol. The number of halogens is 3. The minimum atomic E-state index is -4.49. The van der Waals surface area contributed by atoms with Gasteiger partial charge >= 0.3 is 12.2 Å². The van der Waals surface area contributed by atoms with Crippen LogP contribution in [0.2, 0.25) is 0 Å². The zero-order valence-electron chi connectivity index (χ0n) is 14.4. The predicted octanol–water partition coefficient (Wildman–Crippen LogP) is 3.52. The third-order valence-electron chi connectivity index (χ3n) is 3.73. The van der Waals surface area contributed by atoms with Gasteiger partial charge in [0.15, 0.2) is 0 Å². The monoisotopic (exact) mass is 391 g/mol. The van der Waals surface area contributed by atoms with Crippen molar-refractivity contribution < 1.29 is 27.8 Å². The van der Waals surface area contributed by atoms with Crippen molar-refractivity contribution in [3.8, 4) is 5.75 Å². The molecule has 1 aliphatic heterocycles. The molecule has 1 atom stereocenters. The van der Waals surface area contributed by atoms with Gasteiger partial charge in [-0.05, 0) is 42.5 Å². The third-order valence-corrected chi connectivity index (χ3v) is 3.73. The van der Waals surface area contributed by atoms with Crippen LogP contribution in [0.15, 0.2) is 72.6 Å². The average Bonchev–Trinajstić information content (AvgIpc) is 2.65. The van der Waals surface area contributed by atoms with Gasteiger partial charge in [0, 0.05) is 23.5 Å². The molecule has 0 fully saturated rings. The number of urea groups is 1. The zero-order chi connectivity index (χ0) is 20.1. The maximum absolute atomic E-state index is 12.7. The van der Waals surface area contributed by atoms with Gasteiger partial charge in [-0.1, -0.05) is 6.07 Å². The summed E-state index contributed by atoms with van der Waals surface area (Å²) in [6, 6.07) is 10.1. The van der Waals surface area contributed by atoms with E-state index in [1.54, 1.807) is 36.4 Å². The Morgan fingerprint density at radius 2 is 1.79 bits per heavy atom. The second-order valence-electron chi connectivity index (χ2n) is 5.89. The van der Waals surface area contributed by atoms with Crippen LogP contribution in [-0.4, -0.2) is 12.6 Å². The molecule has 6 nitrogen and oxygen atoms in total. The lowest BCUT2D eigenvalue weighted by molar-refractivity contribution is -0.784. The number of quaternary nitrogens is 1. The Labute approximate surface area is 158 Å². The number of allylic oxidation sites excluding steroid dienone is 1. The molecule has 146 valence electrons. The number of alkyl halides is 3. The zero-order valence-corrected chi connectivity index (χ0v) is 14.4. The van der Waals surface area contributed by atoms with E-state index in [0.29, 0.717) is 17.2 Å². The van der Waals surface area contributed by atoms with Gasteiger partial charge in [-0.3, -0.25) is 0 Å². The standard InChI is InChI=1S/C19H16F3N3O3/c20-19(21,22)13-2-1-3-15(12-13)24-18(26)23-14-4-6-16(7-5-14)28-17-8-10-25(27)11-9-17/h1-10,12,25H,11H2,(H2,23,24,26). The third kappa shape index (κ3) is 5.35. The van der Waals surface area contributed by atoms with Gasteiger partial charge in [0.1, 0.15) is 18.1 Å². The lowest BCUT2D eigenvalue weighted by Gasteiger charge is -2.19. The maximum atomic E-state index is 12.7. The number of amides is 2. The first-order valence-corrected chi connectivity index (χ1v) is 8.24. The Bertz CT molecular complexity index is 909. The molecule has 9 heteroatoms. The Kier molecular flexibility index (Phi) is 5.67. The van der Waals surface area contributed by atoms with E-state index in [9.17, 15) is 23.2 Å². The fraction of sp³-hybridized carbons (Fsp3) is 0.105. The smallest absolute Gasteiger partial charge is 0.416 e.